The van der Waals surface area contributed by atoms with Gasteiger partial charge < -0.3 is 4.74 Å². The number of carbonyl (C=O) groups excluding carboxylic acids is 1. The molecule has 0 N–H and O–H groups in total. The number of halogens is 1. The molecular formula is C16H17ClN2O4S2. The molecule has 1 saturated heterocycles. The van der Waals surface area contributed by atoms with Crippen molar-refractivity contribution >= 4 is 38.9 Å². The van der Waals surface area contributed by atoms with E-state index in [-0.39, 0.29) is 6.61 Å². The van der Waals surface area contributed by atoms with E-state index in [2.05, 4.69) is 4.98 Å². The summed E-state index contributed by atoms with van der Waals surface area (Å²) >= 11 is 7.57. The van der Waals surface area contributed by atoms with Gasteiger partial charge in [-0.25, -0.2) is 13.4 Å². The van der Waals surface area contributed by atoms with Gasteiger partial charge in [0.15, 0.2) is 0 Å². The first-order valence-electron chi connectivity index (χ1n) is 7.69. The van der Waals surface area contributed by atoms with Gasteiger partial charge in [0.1, 0.15) is 17.7 Å². The molecule has 0 bridgehead atoms. The fourth-order valence-electron chi connectivity index (χ4n) is 2.75. The van der Waals surface area contributed by atoms with Gasteiger partial charge in [-0.1, -0.05) is 29.8 Å². The number of rotatable bonds is 5. The van der Waals surface area contributed by atoms with E-state index in [0.29, 0.717) is 30.1 Å². The number of ether oxygens (including phenoxy) is 1. The summed E-state index contributed by atoms with van der Waals surface area (Å²) in [6.07, 6.45) is 2.24. The molecule has 1 fully saturated rings. The summed E-state index contributed by atoms with van der Waals surface area (Å²) in [5, 5.41) is 3.15. The summed E-state index contributed by atoms with van der Waals surface area (Å²) in [7, 11) is -3.41. The standard InChI is InChI=1S/C16H17ClN2O4S2/c1-25(21,22)19-8-4-7-14(19)16(20)23-9-11-10-24-15(18-11)12-5-2-3-6-13(12)17/h2-3,5-6,10,14H,4,7-9H2,1H3/t14-/m0/s1. The lowest BCUT2D eigenvalue weighted by atomic mass is 10.2. The average molecular weight is 401 g/mol. The first-order valence-corrected chi connectivity index (χ1v) is 10.8. The molecular weight excluding hydrogens is 384 g/mol. The fraction of sp³-hybridized carbons (Fsp3) is 0.375. The van der Waals surface area contributed by atoms with Crippen LogP contribution in [0.3, 0.4) is 0 Å². The third-order valence-electron chi connectivity index (χ3n) is 3.92. The molecule has 1 atom stereocenters. The monoisotopic (exact) mass is 400 g/mol. The highest BCUT2D eigenvalue weighted by Crippen LogP contribution is 2.30. The maximum atomic E-state index is 12.2. The van der Waals surface area contributed by atoms with Crippen LogP contribution in [0.2, 0.25) is 5.02 Å². The molecule has 0 amide bonds. The van der Waals surface area contributed by atoms with Crippen molar-refractivity contribution in [1.82, 2.24) is 9.29 Å². The summed E-state index contributed by atoms with van der Waals surface area (Å²) < 4.78 is 29.9. The summed E-state index contributed by atoms with van der Waals surface area (Å²) in [5.74, 6) is -0.532. The van der Waals surface area contributed by atoms with Crippen LogP contribution in [0.4, 0.5) is 0 Å². The molecule has 9 heteroatoms. The predicted octanol–water partition coefficient (Wildman–Crippen LogP) is 2.93. The molecule has 0 spiro atoms. The second kappa shape index (κ2) is 7.41. The summed E-state index contributed by atoms with van der Waals surface area (Å²) in [5.41, 5.74) is 1.43. The van der Waals surface area contributed by atoms with Crippen molar-refractivity contribution in [1.29, 1.82) is 0 Å². The van der Waals surface area contributed by atoms with Crippen LogP contribution in [0.25, 0.3) is 10.6 Å². The second-order valence-corrected chi connectivity index (χ2v) is 8.96. The molecule has 0 radical (unpaired) electrons. The predicted molar refractivity (Wildman–Crippen MR) is 96.9 cm³/mol. The Morgan fingerprint density at radius 1 is 1.44 bits per heavy atom. The molecule has 134 valence electrons. The molecule has 0 saturated carbocycles. The number of benzene rings is 1. The van der Waals surface area contributed by atoms with Crippen LogP contribution in [-0.4, -0.2) is 42.5 Å². The molecule has 1 aliphatic rings. The molecule has 3 rings (SSSR count). The van der Waals surface area contributed by atoms with Crippen molar-refractivity contribution in [2.75, 3.05) is 12.8 Å². The van der Waals surface area contributed by atoms with E-state index in [1.807, 2.05) is 18.2 Å². The SMILES string of the molecule is CS(=O)(=O)N1CCC[C@H]1C(=O)OCc1csc(-c2ccccc2Cl)n1. The Bertz CT molecular complexity index is 882. The van der Waals surface area contributed by atoms with Gasteiger partial charge >= 0.3 is 5.97 Å². The molecule has 1 aromatic heterocycles. The lowest BCUT2D eigenvalue weighted by Gasteiger charge is -2.20. The highest BCUT2D eigenvalue weighted by molar-refractivity contribution is 7.88. The summed E-state index contributed by atoms with van der Waals surface area (Å²) in [4.78, 5) is 16.7. The minimum atomic E-state index is -3.41. The van der Waals surface area contributed by atoms with Crippen molar-refractivity contribution in [3.8, 4) is 10.6 Å². The first kappa shape index (κ1) is 18.3. The third kappa shape index (κ3) is 4.20. The molecule has 1 aromatic carbocycles. The topological polar surface area (TPSA) is 76.6 Å². The molecule has 2 heterocycles. The van der Waals surface area contributed by atoms with E-state index in [9.17, 15) is 13.2 Å². The smallest absolute Gasteiger partial charge is 0.324 e. The van der Waals surface area contributed by atoms with Crippen molar-refractivity contribution in [2.24, 2.45) is 0 Å². The van der Waals surface area contributed by atoms with Gasteiger partial charge in [-0.15, -0.1) is 11.3 Å². The van der Waals surface area contributed by atoms with E-state index in [0.717, 1.165) is 16.8 Å². The Hall–Kier alpha value is -1.48. The zero-order chi connectivity index (χ0) is 18.0. The highest BCUT2D eigenvalue weighted by Gasteiger charge is 2.37. The lowest BCUT2D eigenvalue weighted by Crippen LogP contribution is -2.40. The van der Waals surface area contributed by atoms with Crippen LogP contribution in [0.15, 0.2) is 29.6 Å². The Morgan fingerprint density at radius 2 is 2.20 bits per heavy atom. The number of nitrogens with zero attached hydrogens (tertiary/aromatic N) is 2. The van der Waals surface area contributed by atoms with E-state index in [1.54, 1.807) is 11.4 Å². The van der Waals surface area contributed by atoms with Gasteiger partial charge in [0.2, 0.25) is 10.0 Å². The molecule has 25 heavy (non-hydrogen) atoms. The van der Waals surface area contributed by atoms with Gasteiger partial charge in [-0.2, -0.15) is 4.31 Å². The normalized spacial score (nSPS) is 18.4. The van der Waals surface area contributed by atoms with Crippen molar-refractivity contribution < 1.29 is 17.9 Å². The van der Waals surface area contributed by atoms with Crippen LogP contribution in [-0.2, 0) is 26.2 Å². The Labute approximate surface area is 155 Å². The minimum Gasteiger partial charge on any atom is -0.458 e. The van der Waals surface area contributed by atoms with Crippen LogP contribution in [0, 0.1) is 0 Å². The van der Waals surface area contributed by atoms with E-state index >= 15 is 0 Å². The van der Waals surface area contributed by atoms with Crippen LogP contribution in [0.5, 0.6) is 0 Å². The van der Waals surface area contributed by atoms with Crippen LogP contribution in [0.1, 0.15) is 18.5 Å². The first-order chi connectivity index (χ1) is 11.9. The molecule has 1 aliphatic heterocycles. The molecule has 2 aromatic rings. The Morgan fingerprint density at radius 3 is 2.92 bits per heavy atom. The number of esters is 1. The largest absolute Gasteiger partial charge is 0.458 e. The Kier molecular flexibility index (Phi) is 5.43. The van der Waals surface area contributed by atoms with E-state index in [1.165, 1.54) is 15.6 Å². The lowest BCUT2D eigenvalue weighted by molar-refractivity contribution is -0.148. The Balaban J connectivity index is 1.65. The van der Waals surface area contributed by atoms with Crippen LogP contribution >= 0.6 is 22.9 Å². The van der Waals surface area contributed by atoms with E-state index in [4.69, 9.17) is 16.3 Å². The molecule has 0 unspecified atom stereocenters. The summed E-state index contributed by atoms with van der Waals surface area (Å²) in [6, 6.07) is 6.65. The number of sulfonamides is 1. The third-order valence-corrected chi connectivity index (χ3v) is 6.46. The van der Waals surface area contributed by atoms with Crippen molar-refractivity contribution in [3.63, 3.8) is 0 Å². The number of hydrogen-bond acceptors (Lipinski definition) is 6. The fourth-order valence-corrected chi connectivity index (χ4v) is 4.98. The number of carbonyl (C=O) groups is 1. The second-order valence-electron chi connectivity index (χ2n) is 5.76. The van der Waals surface area contributed by atoms with Gasteiger partial charge in [0.25, 0.3) is 0 Å². The number of aromatic nitrogens is 1. The van der Waals surface area contributed by atoms with Gasteiger partial charge in [0, 0.05) is 17.5 Å². The van der Waals surface area contributed by atoms with Crippen molar-refractivity contribution in [2.45, 2.75) is 25.5 Å². The molecule has 0 aliphatic carbocycles. The minimum absolute atomic E-state index is 0.00783. The maximum Gasteiger partial charge on any atom is 0.324 e. The van der Waals surface area contributed by atoms with E-state index < -0.39 is 22.0 Å². The maximum absolute atomic E-state index is 12.2. The number of thiazole rings is 1. The van der Waals surface area contributed by atoms with Gasteiger partial charge in [-0.05, 0) is 18.9 Å². The van der Waals surface area contributed by atoms with Crippen LogP contribution < -0.4 is 0 Å². The van der Waals surface area contributed by atoms with Crippen molar-refractivity contribution in [3.05, 3.63) is 40.4 Å². The zero-order valence-electron chi connectivity index (χ0n) is 13.5. The molecule has 6 nitrogen and oxygen atoms in total. The van der Waals surface area contributed by atoms with Gasteiger partial charge in [-0.3, -0.25) is 4.79 Å². The summed E-state index contributed by atoms with van der Waals surface area (Å²) in [6.45, 7) is 0.361. The number of hydrogen-bond donors (Lipinski definition) is 0. The highest BCUT2D eigenvalue weighted by atomic mass is 35.5. The quantitative estimate of drug-likeness (QED) is 0.721. The average Bonchev–Trinajstić information content (AvgIpc) is 3.22. The van der Waals surface area contributed by atoms with Gasteiger partial charge in [0.05, 0.1) is 17.0 Å². The zero-order valence-corrected chi connectivity index (χ0v) is 15.9.